The highest BCUT2D eigenvalue weighted by Gasteiger charge is 2.24. The maximum atomic E-state index is 12.9. The molecule has 164 valence electrons. The molecule has 0 bridgehead atoms. The molecule has 1 aliphatic carbocycles. The molecule has 2 aromatic heterocycles. The second-order valence-electron chi connectivity index (χ2n) is 7.60. The molecule has 8 heteroatoms. The zero-order valence-electron chi connectivity index (χ0n) is 17.9. The van der Waals surface area contributed by atoms with E-state index in [1.54, 1.807) is 43.8 Å². The van der Waals surface area contributed by atoms with Gasteiger partial charge in [0.1, 0.15) is 5.82 Å². The Hall–Kier alpha value is -2.32. The molecule has 1 saturated carbocycles. The maximum absolute atomic E-state index is 12.9. The van der Waals surface area contributed by atoms with Crippen LogP contribution < -0.4 is 9.47 Å². The van der Waals surface area contributed by atoms with Crippen LogP contribution in [0.1, 0.15) is 59.2 Å². The molecule has 1 fully saturated rings. The Balaban J connectivity index is 1.52. The van der Waals surface area contributed by atoms with E-state index >= 15 is 0 Å². The smallest absolute Gasteiger partial charge is 0.191 e. The van der Waals surface area contributed by atoms with Crippen molar-refractivity contribution >= 4 is 28.9 Å². The normalized spacial score (nSPS) is 14.5. The predicted octanol–water partition coefficient (Wildman–Crippen LogP) is 5.43. The van der Waals surface area contributed by atoms with Crippen molar-refractivity contribution in [1.29, 1.82) is 0 Å². The first-order valence-corrected chi connectivity index (χ1v) is 12.4. The number of carbonyl (C=O) groups is 1. The van der Waals surface area contributed by atoms with Crippen molar-refractivity contribution in [3.63, 3.8) is 0 Å². The Morgan fingerprint density at radius 2 is 1.94 bits per heavy atom. The molecule has 0 amide bonds. The summed E-state index contributed by atoms with van der Waals surface area (Å²) < 4.78 is 12.9. The van der Waals surface area contributed by atoms with E-state index in [2.05, 4.69) is 32.3 Å². The third kappa shape index (κ3) is 5.13. The Morgan fingerprint density at radius 3 is 2.65 bits per heavy atom. The van der Waals surface area contributed by atoms with E-state index in [1.165, 1.54) is 35.9 Å². The van der Waals surface area contributed by atoms with Gasteiger partial charge in [-0.2, -0.15) is 0 Å². The zero-order valence-corrected chi connectivity index (χ0v) is 19.5. The van der Waals surface area contributed by atoms with Gasteiger partial charge in [-0.1, -0.05) is 37.1 Å². The molecule has 0 spiro atoms. The largest absolute Gasteiger partial charge is 0.493 e. The van der Waals surface area contributed by atoms with Crippen LogP contribution in [0.2, 0.25) is 0 Å². The van der Waals surface area contributed by atoms with E-state index in [9.17, 15) is 4.79 Å². The number of methoxy groups -OCH3 is 2. The van der Waals surface area contributed by atoms with Gasteiger partial charge >= 0.3 is 0 Å². The average Bonchev–Trinajstić information content (AvgIpc) is 3.47. The van der Waals surface area contributed by atoms with Crippen LogP contribution >= 0.6 is 23.1 Å². The van der Waals surface area contributed by atoms with Crippen molar-refractivity contribution < 1.29 is 14.3 Å². The lowest BCUT2D eigenvalue weighted by molar-refractivity contribution is 0.102. The van der Waals surface area contributed by atoms with Crippen LogP contribution in [0.15, 0.2) is 40.9 Å². The molecule has 1 aliphatic rings. The molecule has 2 heterocycles. The average molecular weight is 458 g/mol. The summed E-state index contributed by atoms with van der Waals surface area (Å²) >= 11 is 3.21. The lowest BCUT2D eigenvalue weighted by Crippen LogP contribution is -2.17. The van der Waals surface area contributed by atoms with Crippen LogP contribution in [0.4, 0.5) is 0 Å². The molecule has 0 radical (unpaired) electrons. The maximum Gasteiger partial charge on any atom is 0.191 e. The van der Waals surface area contributed by atoms with Gasteiger partial charge in [-0.05, 0) is 42.5 Å². The summed E-state index contributed by atoms with van der Waals surface area (Å²) in [7, 11) is 3.16. The monoisotopic (exact) mass is 457 g/mol. The lowest BCUT2D eigenvalue weighted by Gasteiger charge is -2.25. The fourth-order valence-electron chi connectivity index (χ4n) is 4.02. The summed E-state index contributed by atoms with van der Waals surface area (Å²) in [6.45, 7) is 0. The number of rotatable bonds is 9. The van der Waals surface area contributed by atoms with Gasteiger partial charge < -0.3 is 14.0 Å². The van der Waals surface area contributed by atoms with Crippen LogP contribution in [0.25, 0.3) is 0 Å². The molecule has 6 nitrogen and oxygen atoms in total. The van der Waals surface area contributed by atoms with E-state index in [4.69, 9.17) is 9.47 Å². The number of ether oxygens (including phenoxy) is 2. The van der Waals surface area contributed by atoms with Gasteiger partial charge in [0, 0.05) is 22.9 Å². The summed E-state index contributed by atoms with van der Waals surface area (Å²) in [5.74, 6) is 2.50. The van der Waals surface area contributed by atoms with Crippen molar-refractivity contribution in [1.82, 2.24) is 14.8 Å². The Labute approximate surface area is 191 Å². The molecule has 0 unspecified atom stereocenters. The molecule has 0 N–H and O–H groups in total. The molecule has 1 aromatic carbocycles. The van der Waals surface area contributed by atoms with E-state index in [-0.39, 0.29) is 5.78 Å². The van der Waals surface area contributed by atoms with E-state index in [0.717, 1.165) is 30.2 Å². The first-order chi connectivity index (χ1) is 15.2. The number of hydrogen-bond donors (Lipinski definition) is 0. The quantitative estimate of drug-likeness (QED) is 0.315. The fourth-order valence-corrected chi connectivity index (χ4v) is 5.64. The highest BCUT2D eigenvalue weighted by Crippen LogP contribution is 2.34. The summed E-state index contributed by atoms with van der Waals surface area (Å²) in [6.07, 6.45) is 6.83. The number of ketones is 1. The summed E-state index contributed by atoms with van der Waals surface area (Å²) in [6, 6.07) is 9.89. The second-order valence-corrected chi connectivity index (χ2v) is 9.57. The molecule has 0 atom stereocenters. The molecule has 0 aliphatic heterocycles. The predicted molar refractivity (Wildman–Crippen MR) is 124 cm³/mol. The second kappa shape index (κ2) is 10.3. The highest BCUT2D eigenvalue weighted by molar-refractivity contribution is 7.99. The molecule has 3 aromatic rings. The standard InChI is InChI=1S/C23H27N3O3S2/c1-28-20-11-10-16(13-21(20)29-2)19(27)15-31-23-25-24-22(14-18-9-6-12-30-18)26(23)17-7-4-3-5-8-17/h6,9-13,17H,3-5,7-8,14-15H2,1-2H3. The van der Waals surface area contributed by atoms with Crippen molar-refractivity contribution in [3.8, 4) is 11.5 Å². The van der Waals surface area contributed by atoms with Crippen LogP contribution in [0, 0.1) is 0 Å². The van der Waals surface area contributed by atoms with E-state index in [0.29, 0.717) is 28.9 Å². The van der Waals surface area contributed by atoms with Crippen LogP contribution in [-0.2, 0) is 6.42 Å². The van der Waals surface area contributed by atoms with Crippen LogP contribution in [0.3, 0.4) is 0 Å². The molecule has 0 saturated heterocycles. The molecular weight excluding hydrogens is 430 g/mol. The van der Waals surface area contributed by atoms with Gasteiger partial charge in [0.25, 0.3) is 0 Å². The number of hydrogen-bond acceptors (Lipinski definition) is 7. The van der Waals surface area contributed by atoms with E-state index in [1.807, 2.05) is 0 Å². The minimum Gasteiger partial charge on any atom is -0.493 e. The number of carbonyl (C=O) groups excluding carboxylic acids is 1. The summed E-state index contributed by atoms with van der Waals surface area (Å²) in [5, 5.41) is 11.9. The Bertz CT molecular complexity index is 1010. The van der Waals surface area contributed by atoms with Crippen molar-refractivity contribution in [2.75, 3.05) is 20.0 Å². The molecule has 4 rings (SSSR count). The van der Waals surface area contributed by atoms with E-state index < -0.39 is 0 Å². The third-order valence-corrected chi connectivity index (χ3v) is 7.44. The SMILES string of the molecule is COc1ccc(C(=O)CSc2nnc(Cc3cccs3)n2C2CCCCC2)cc1OC. The number of nitrogens with zero attached hydrogens (tertiary/aromatic N) is 3. The lowest BCUT2D eigenvalue weighted by atomic mass is 9.95. The van der Waals surface area contributed by atoms with Crippen molar-refractivity contribution in [3.05, 3.63) is 52.0 Å². The first kappa shape index (κ1) is 21.9. The van der Waals surface area contributed by atoms with Gasteiger partial charge in [0.15, 0.2) is 22.4 Å². The van der Waals surface area contributed by atoms with Gasteiger partial charge in [-0.25, -0.2) is 0 Å². The summed E-state index contributed by atoms with van der Waals surface area (Å²) in [4.78, 5) is 14.1. The molecule has 31 heavy (non-hydrogen) atoms. The van der Waals surface area contributed by atoms with Crippen LogP contribution in [0.5, 0.6) is 11.5 Å². The van der Waals surface area contributed by atoms with Crippen LogP contribution in [-0.4, -0.2) is 40.5 Å². The van der Waals surface area contributed by atoms with Gasteiger partial charge in [0.05, 0.1) is 20.0 Å². The Morgan fingerprint density at radius 1 is 1.13 bits per heavy atom. The van der Waals surface area contributed by atoms with Crippen molar-refractivity contribution in [2.24, 2.45) is 0 Å². The topological polar surface area (TPSA) is 66.2 Å². The fraction of sp³-hybridized carbons (Fsp3) is 0.435. The number of benzene rings is 1. The highest BCUT2D eigenvalue weighted by atomic mass is 32.2. The molecular formula is C23H27N3O3S2. The minimum absolute atomic E-state index is 0.0314. The first-order valence-electron chi connectivity index (χ1n) is 10.5. The van der Waals surface area contributed by atoms with Gasteiger partial charge in [-0.3, -0.25) is 4.79 Å². The number of thioether (sulfide) groups is 1. The Kier molecular flexibility index (Phi) is 7.29. The number of aromatic nitrogens is 3. The van der Waals surface area contributed by atoms with Crippen molar-refractivity contribution in [2.45, 2.75) is 49.7 Å². The van der Waals surface area contributed by atoms with Gasteiger partial charge in [0.2, 0.25) is 0 Å². The third-order valence-electron chi connectivity index (χ3n) is 5.63. The number of Topliss-reactive ketones (excluding diaryl/α,β-unsaturated/α-hetero) is 1. The summed E-state index contributed by atoms with van der Waals surface area (Å²) in [5.41, 5.74) is 0.604. The number of thiophene rings is 1. The minimum atomic E-state index is 0.0314. The zero-order chi connectivity index (χ0) is 21.6. The van der Waals surface area contributed by atoms with Gasteiger partial charge in [-0.15, -0.1) is 21.5 Å².